The molecule has 0 aromatic heterocycles. The Morgan fingerprint density at radius 2 is 2.09 bits per heavy atom. The third-order valence-corrected chi connectivity index (χ3v) is 6.47. The van der Waals surface area contributed by atoms with Crippen molar-refractivity contribution in [3.05, 3.63) is 28.2 Å². The summed E-state index contributed by atoms with van der Waals surface area (Å²) in [5.74, 6) is -0.121. The van der Waals surface area contributed by atoms with Gasteiger partial charge in [-0.3, -0.25) is 4.79 Å². The van der Waals surface area contributed by atoms with Crippen molar-refractivity contribution in [1.29, 1.82) is 0 Å². The Morgan fingerprint density at radius 3 is 2.64 bits per heavy atom. The molecule has 122 valence electrons. The normalized spacial score (nSPS) is 19.5. The van der Waals surface area contributed by atoms with E-state index in [0.29, 0.717) is 23.1 Å². The van der Waals surface area contributed by atoms with Crippen LogP contribution in [0, 0.1) is 0 Å². The van der Waals surface area contributed by atoms with Crippen molar-refractivity contribution in [3.63, 3.8) is 0 Å². The second-order valence-corrected chi connectivity index (χ2v) is 8.56. The molecular formula is C14H20BrN3O3S. The molecule has 22 heavy (non-hydrogen) atoms. The summed E-state index contributed by atoms with van der Waals surface area (Å²) in [6.07, 6.45) is 1.81. The van der Waals surface area contributed by atoms with Gasteiger partial charge in [-0.25, -0.2) is 12.7 Å². The summed E-state index contributed by atoms with van der Waals surface area (Å²) in [4.78, 5) is 14.3. The smallest absolute Gasteiger partial charge is 0.253 e. The lowest BCUT2D eigenvalue weighted by molar-refractivity contribution is 0.0708. The number of halogens is 1. The van der Waals surface area contributed by atoms with E-state index in [9.17, 15) is 13.2 Å². The molecule has 8 heteroatoms. The van der Waals surface area contributed by atoms with Crippen LogP contribution in [0.1, 0.15) is 23.2 Å². The van der Waals surface area contributed by atoms with Crippen LogP contribution in [0.3, 0.4) is 0 Å². The fraction of sp³-hybridized carbons (Fsp3) is 0.500. The average Bonchev–Trinajstić information content (AvgIpc) is 2.45. The molecule has 1 atom stereocenters. The summed E-state index contributed by atoms with van der Waals surface area (Å²) in [7, 11) is -0.606. The van der Waals surface area contributed by atoms with E-state index >= 15 is 0 Å². The van der Waals surface area contributed by atoms with Gasteiger partial charge in [0.25, 0.3) is 5.91 Å². The number of benzene rings is 1. The molecule has 0 radical (unpaired) electrons. The molecule has 1 aromatic rings. The van der Waals surface area contributed by atoms with Crippen LogP contribution in [0.5, 0.6) is 0 Å². The third-order valence-electron chi connectivity index (χ3n) is 3.68. The maximum absolute atomic E-state index is 12.5. The van der Waals surface area contributed by atoms with Crippen LogP contribution < -0.4 is 5.73 Å². The van der Waals surface area contributed by atoms with Gasteiger partial charge in [0.1, 0.15) is 0 Å². The lowest BCUT2D eigenvalue weighted by Crippen LogP contribution is -2.45. The van der Waals surface area contributed by atoms with E-state index in [4.69, 9.17) is 5.73 Å². The molecule has 1 aromatic carbocycles. The molecule has 1 fully saturated rings. The molecule has 1 aliphatic rings. The fourth-order valence-corrected chi connectivity index (χ4v) is 4.35. The number of likely N-dealkylation sites (tertiary alicyclic amines) is 1. The Balaban J connectivity index is 2.28. The molecule has 0 spiro atoms. The van der Waals surface area contributed by atoms with Gasteiger partial charge in [0.05, 0.1) is 4.90 Å². The third kappa shape index (κ3) is 3.51. The van der Waals surface area contributed by atoms with Crippen molar-refractivity contribution in [1.82, 2.24) is 9.21 Å². The first-order valence-electron chi connectivity index (χ1n) is 7.00. The minimum absolute atomic E-state index is 0.00883. The van der Waals surface area contributed by atoms with Crippen molar-refractivity contribution in [2.24, 2.45) is 5.73 Å². The molecule has 2 N–H and O–H groups in total. The summed E-state index contributed by atoms with van der Waals surface area (Å²) in [5.41, 5.74) is 6.35. The summed E-state index contributed by atoms with van der Waals surface area (Å²) >= 11 is 3.25. The van der Waals surface area contributed by atoms with Gasteiger partial charge in [-0.15, -0.1) is 0 Å². The predicted octanol–water partition coefficient (Wildman–Crippen LogP) is 1.26. The molecule has 2 rings (SSSR count). The van der Waals surface area contributed by atoms with Crippen LogP contribution in [0.2, 0.25) is 0 Å². The number of rotatable bonds is 3. The number of carbonyl (C=O) groups is 1. The molecule has 1 amide bonds. The average molecular weight is 390 g/mol. The molecule has 1 aliphatic heterocycles. The number of carbonyl (C=O) groups excluding carboxylic acids is 1. The van der Waals surface area contributed by atoms with Gasteiger partial charge in [0.2, 0.25) is 10.0 Å². The van der Waals surface area contributed by atoms with Gasteiger partial charge in [-0.05, 0) is 47.0 Å². The van der Waals surface area contributed by atoms with Gasteiger partial charge in [0, 0.05) is 43.3 Å². The molecule has 6 nitrogen and oxygen atoms in total. The SMILES string of the molecule is CN(C)S(=O)(=O)c1ccc(C(=O)N2CCCC(N)C2)cc1Br. The van der Waals surface area contributed by atoms with Crippen molar-refractivity contribution in [2.45, 2.75) is 23.8 Å². The number of nitrogens with zero attached hydrogens (tertiary/aromatic N) is 2. The zero-order chi connectivity index (χ0) is 16.5. The highest BCUT2D eigenvalue weighted by Gasteiger charge is 2.25. The Labute approximate surface area is 139 Å². The molecule has 1 saturated heterocycles. The first kappa shape index (κ1) is 17.4. The Hall–Kier alpha value is -0.960. The largest absolute Gasteiger partial charge is 0.337 e. The van der Waals surface area contributed by atoms with Crippen molar-refractivity contribution < 1.29 is 13.2 Å². The van der Waals surface area contributed by atoms with E-state index < -0.39 is 10.0 Å². The van der Waals surface area contributed by atoms with E-state index in [-0.39, 0.29) is 16.8 Å². The molecule has 1 heterocycles. The van der Waals surface area contributed by atoms with Gasteiger partial charge in [-0.2, -0.15) is 0 Å². The quantitative estimate of drug-likeness (QED) is 0.843. The van der Waals surface area contributed by atoms with E-state index in [1.807, 2.05) is 0 Å². The lowest BCUT2D eigenvalue weighted by atomic mass is 10.1. The zero-order valence-electron chi connectivity index (χ0n) is 12.6. The second-order valence-electron chi connectivity index (χ2n) is 5.59. The van der Waals surface area contributed by atoms with Crippen LogP contribution in [0.25, 0.3) is 0 Å². The van der Waals surface area contributed by atoms with Crippen molar-refractivity contribution in [3.8, 4) is 0 Å². The van der Waals surface area contributed by atoms with E-state index in [1.165, 1.54) is 20.2 Å². The fourth-order valence-electron chi connectivity index (χ4n) is 2.42. The summed E-state index contributed by atoms with van der Waals surface area (Å²) in [5, 5.41) is 0. The van der Waals surface area contributed by atoms with E-state index in [1.54, 1.807) is 17.0 Å². The minimum Gasteiger partial charge on any atom is -0.337 e. The molecule has 0 bridgehead atoms. The number of hydrogen-bond acceptors (Lipinski definition) is 4. The van der Waals surface area contributed by atoms with Crippen LogP contribution in [-0.4, -0.2) is 56.8 Å². The molecular weight excluding hydrogens is 370 g/mol. The van der Waals surface area contributed by atoms with E-state index in [0.717, 1.165) is 17.1 Å². The first-order valence-corrected chi connectivity index (χ1v) is 9.23. The van der Waals surface area contributed by atoms with Crippen molar-refractivity contribution in [2.75, 3.05) is 27.2 Å². The van der Waals surface area contributed by atoms with Crippen LogP contribution in [0.4, 0.5) is 0 Å². The Morgan fingerprint density at radius 1 is 1.41 bits per heavy atom. The Bertz CT molecular complexity index is 676. The summed E-state index contributed by atoms with van der Waals surface area (Å²) in [6, 6.07) is 4.56. The standard InChI is InChI=1S/C14H20BrN3O3S/c1-17(2)22(20,21)13-6-5-10(8-12(13)15)14(19)18-7-3-4-11(16)9-18/h5-6,8,11H,3-4,7,9,16H2,1-2H3. The highest BCUT2D eigenvalue weighted by Crippen LogP contribution is 2.26. The monoisotopic (exact) mass is 389 g/mol. The Kier molecular flexibility index (Phi) is 5.26. The van der Waals surface area contributed by atoms with Crippen LogP contribution in [-0.2, 0) is 10.0 Å². The maximum Gasteiger partial charge on any atom is 0.253 e. The topological polar surface area (TPSA) is 83.7 Å². The number of hydrogen-bond donors (Lipinski definition) is 1. The number of amides is 1. The highest BCUT2D eigenvalue weighted by molar-refractivity contribution is 9.10. The lowest BCUT2D eigenvalue weighted by Gasteiger charge is -2.31. The maximum atomic E-state index is 12.5. The van der Waals surface area contributed by atoms with Crippen LogP contribution >= 0.6 is 15.9 Å². The first-order chi connectivity index (χ1) is 10.2. The highest BCUT2D eigenvalue weighted by atomic mass is 79.9. The van der Waals surface area contributed by atoms with Gasteiger partial charge < -0.3 is 10.6 Å². The summed E-state index contributed by atoms with van der Waals surface area (Å²) < 4.78 is 25.8. The predicted molar refractivity (Wildman–Crippen MR) is 88.1 cm³/mol. The van der Waals surface area contributed by atoms with Crippen molar-refractivity contribution >= 4 is 31.9 Å². The van der Waals surface area contributed by atoms with Gasteiger partial charge in [-0.1, -0.05) is 0 Å². The number of nitrogens with two attached hydrogens (primary N) is 1. The zero-order valence-corrected chi connectivity index (χ0v) is 15.0. The molecule has 0 aliphatic carbocycles. The van der Waals surface area contributed by atoms with Crippen LogP contribution in [0.15, 0.2) is 27.6 Å². The molecule has 0 saturated carbocycles. The second kappa shape index (κ2) is 6.66. The number of piperidine rings is 1. The number of sulfonamides is 1. The minimum atomic E-state index is -3.54. The van der Waals surface area contributed by atoms with E-state index in [2.05, 4.69) is 15.9 Å². The van der Waals surface area contributed by atoms with Gasteiger partial charge >= 0.3 is 0 Å². The molecule has 1 unspecified atom stereocenters. The van der Waals surface area contributed by atoms with Gasteiger partial charge in [0.15, 0.2) is 0 Å². The summed E-state index contributed by atoms with van der Waals surface area (Å²) in [6.45, 7) is 1.22.